The molecule has 0 radical (unpaired) electrons. The molecule has 0 aliphatic heterocycles. The summed E-state index contributed by atoms with van der Waals surface area (Å²) in [6.45, 7) is 0. The van der Waals surface area contributed by atoms with Gasteiger partial charge in [-0.1, -0.05) is 115 Å². The van der Waals surface area contributed by atoms with Gasteiger partial charge in [-0.25, -0.2) is 4.98 Å². The van der Waals surface area contributed by atoms with E-state index in [1.54, 1.807) is 0 Å². The van der Waals surface area contributed by atoms with Crippen molar-refractivity contribution < 1.29 is 4.42 Å². The van der Waals surface area contributed by atoms with E-state index in [0.29, 0.717) is 0 Å². The smallest absolute Gasteiger partial charge is 0.145 e. The summed E-state index contributed by atoms with van der Waals surface area (Å²) in [6.07, 6.45) is 0.963. The first-order valence-electron chi connectivity index (χ1n) is 18.5. The Morgan fingerprint density at radius 3 is 2.07 bits per heavy atom. The summed E-state index contributed by atoms with van der Waals surface area (Å²) < 4.78 is 11.4. The normalized spacial score (nSPS) is 12.4. The summed E-state index contributed by atoms with van der Waals surface area (Å²) in [5, 5.41) is 4.76. The maximum atomic E-state index is 6.69. The van der Waals surface area contributed by atoms with Crippen LogP contribution in [0.5, 0.6) is 0 Å². The summed E-state index contributed by atoms with van der Waals surface area (Å²) in [5.41, 5.74) is 17.2. The number of fused-ring (bicyclic) bond motifs is 10. The van der Waals surface area contributed by atoms with Crippen molar-refractivity contribution in [3.63, 3.8) is 0 Å². The minimum atomic E-state index is 0.881. The van der Waals surface area contributed by atoms with Gasteiger partial charge >= 0.3 is 0 Å². The van der Waals surface area contributed by atoms with E-state index in [2.05, 4.69) is 173 Å². The molecule has 0 atom stereocenters. The summed E-state index contributed by atoms with van der Waals surface area (Å²) in [7, 11) is 0. The van der Waals surface area contributed by atoms with Gasteiger partial charge in [0.05, 0.1) is 22.1 Å². The van der Waals surface area contributed by atoms with Crippen molar-refractivity contribution in [3.05, 3.63) is 187 Å². The molecule has 3 aromatic heterocycles. The molecular weight excluding hydrogens is 659 g/mol. The molecule has 252 valence electrons. The number of hydrogen-bond donors (Lipinski definition) is 0. The molecule has 0 amide bonds. The van der Waals surface area contributed by atoms with Gasteiger partial charge in [-0.2, -0.15) is 0 Å². The number of rotatable bonds is 4. The van der Waals surface area contributed by atoms with Gasteiger partial charge in [-0.3, -0.25) is 4.57 Å². The predicted molar refractivity (Wildman–Crippen MR) is 222 cm³/mol. The molecular formula is C50H31N3O. The van der Waals surface area contributed by atoms with Crippen molar-refractivity contribution in [3.8, 4) is 45.0 Å². The second-order valence-corrected chi connectivity index (χ2v) is 14.4. The standard InChI is InChI=1S/C50H31N3O/c1-2-12-35(13-3-1)53-46-20-9-7-18-44(46)51-50(53)32-23-21-31(22-24-32)38-16-10-17-40-43-29-36(25-26-48(43)54-49(38)40)52-45-19-8-6-15-39(45)42-30-41-34(28-47(42)52)27-33-11-4-5-14-37(33)41/h1-26,28-30H,27H2. The molecule has 12 rings (SSSR count). The van der Waals surface area contributed by atoms with Gasteiger partial charge in [-0.15, -0.1) is 0 Å². The monoisotopic (exact) mass is 689 g/mol. The summed E-state index contributed by atoms with van der Waals surface area (Å²) in [4.78, 5) is 5.08. The Kier molecular flexibility index (Phi) is 6.08. The Bertz CT molecular complexity index is 3290. The summed E-state index contributed by atoms with van der Waals surface area (Å²) >= 11 is 0. The zero-order chi connectivity index (χ0) is 35.3. The summed E-state index contributed by atoms with van der Waals surface area (Å²) in [5.74, 6) is 0.919. The molecule has 1 aliphatic rings. The first kappa shape index (κ1) is 29.4. The first-order valence-corrected chi connectivity index (χ1v) is 18.5. The van der Waals surface area contributed by atoms with E-state index in [0.717, 1.165) is 73.3 Å². The Labute approximate surface area is 310 Å². The largest absolute Gasteiger partial charge is 0.455 e. The van der Waals surface area contributed by atoms with Crippen LogP contribution in [0.15, 0.2) is 180 Å². The van der Waals surface area contributed by atoms with Gasteiger partial charge in [0.15, 0.2) is 0 Å². The van der Waals surface area contributed by atoms with Gasteiger partial charge < -0.3 is 8.98 Å². The lowest BCUT2D eigenvalue weighted by molar-refractivity contribution is 0.670. The van der Waals surface area contributed by atoms with E-state index in [1.807, 2.05) is 12.1 Å². The van der Waals surface area contributed by atoms with Gasteiger partial charge in [-0.05, 0) is 94.9 Å². The Hall–Kier alpha value is -7.17. The molecule has 11 aromatic rings. The molecule has 4 nitrogen and oxygen atoms in total. The fourth-order valence-corrected chi connectivity index (χ4v) is 8.89. The topological polar surface area (TPSA) is 35.9 Å². The molecule has 4 heteroatoms. The average molecular weight is 690 g/mol. The van der Waals surface area contributed by atoms with Gasteiger partial charge in [0.25, 0.3) is 0 Å². The highest BCUT2D eigenvalue weighted by atomic mass is 16.3. The van der Waals surface area contributed by atoms with Crippen LogP contribution in [0.4, 0.5) is 0 Å². The van der Waals surface area contributed by atoms with Crippen molar-refractivity contribution in [2.45, 2.75) is 6.42 Å². The van der Waals surface area contributed by atoms with Gasteiger partial charge in [0.2, 0.25) is 0 Å². The lowest BCUT2D eigenvalue weighted by atomic mass is 10.0. The second kappa shape index (κ2) is 11.2. The van der Waals surface area contributed by atoms with Crippen LogP contribution in [-0.4, -0.2) is 14.1 Å². The maximum absolute atomic E-state index is 6.69. The molecule has 0 fully saturated rings. The number of imidazole rings is 1. The third kappa shape index (κ3) is 4.22. The first-order chi connectivity index (χ1) is 26.8. The number of benzene rings is 8. The molecule has 0 unspecified atom stereocenters. The molecule has 1 aliphatic carbocycles. The molecule has 0 saturated carbocycles. The number of para-hydroxylation sites is 5. The van der Waals surface area contributed by atoms with E-state index in [9.17, 15) is 0 Å². The number of furan rings is 1. The van der Waals surface area contributed by atoms with Crippen molar-refractivity contribution >= 4 is 54.8 Å². The Balaban J connectivity index is 0.977. The van der Waals surface area contributed by atoms with Crippen LogP contribution in [0.1, 0.15) is 11.1 Å². The van der Waals surface area contributed by atoms with E-state index in [1.165, 1.54) is 44.1 Å². The van der Waals surface area contributed by atoms with Crippen LogP contribution < -0.4 is 0 Å². The van der Waals surface area contributed by atoms with Crippen molar-refractivity contribution in [2.24, 2.45) is 0 Å². The minimum absolute atomic E-state index is 0.881. The number of aromatic nitrogens is 3. The van der Waals surface area contributed by atoms with E-state index >= 15 is 0 Å². The zero-order valence-corrected chi connectivity index (χ0v) is 29.2. The number of hydrogen-bond acceptors (Lipinski definition) is 2. The Morgan fingerprint density at radius 2 is 1.17 bits per heavy atom. The Morgan fingerprint density at radius 1 is 0.426 bits per heavy atom. The van der Waals surface area contributed by atoms with Gasteiger partial charge in [0, 0.05) is 44.0 Å². The van der Waals surface area contributed by atoms with Gasteiger partial charge in [0.1, 0.15) is 17.0 Å². The SMILES string of the molecule is c1ccc(-n2c(-c3ccc(-c4cccc5c4oc4ccc(-n6c7ccccc7c7cc8c(cc76)Cc6ccccc6-8)cc45)cc3)nc3ccccc32)cc1. The fraction of sp³-hybridized carbons (Fsp3) is 0.0200. The molecule has 0 N–H and O–H groups in total. The highest BCUT2D eigenvalue weighted by molar-refractivity contribution is 6.13. The van der Waals surface area contributed by atoms with Crippen LogP contribution in [-0.2, 0) is 6.42 Å². The third-order valence-corrected chi connectivity index (χ3v) is 11.4. The minimum Gasteiger partial charge on any atom is -0.455 e. The van der Waals surface area contributed by atoms with Crippen LogP contribution in [0.2, 0.25) is 0 Å². The van der Waals surface area contributed by atoms with Crippen LogP contribution in [0, 0.1) is 0 Å². The lowest BCUT2D eigenvalue weighted by Crippen LogP contribution is -1.97. The van der Waals surface area contributed by atoms with Crippen LogP contribution in [0.25, 0.3) is 99.8 Å². The number of nitrogens with zero attached hydrogens (tertiary/aromatic N) is 3. The van der Waals surface area contributed by atoms with Crippen LogP contribution in [0.3, 0.4) is 0 Å². The quantitative estimate of drug-likeness (QED) is 0.184. The highest BCUT2D eigenvalue weighted by Crippen LogP contribution is 2.43. The molecule has 3 heterocycles. The van der Waals surface area contributed by atoms with E-state index in [4.69, 9.17) is 9.40 Å². The van der Waals surface area contributed by atoms with E-state index in [-0.39, 0.29) is 0 Å². The maximum Gasteiger partial charge on any atom is 0.145 e. The highest BCUT2D eigenvalue weighted by Gasteiger charge is 2.23. The molecule has 0 spiro atoms. The van der Waals surface area contributed by atoms with Crippen molar-refractivity contribution in [1.29, 1.82) is 0 Å². The zero-order valence-electron chi connectivity index (χ0n) is 29.2. The predicted octanol–water partition coefficient (Wildman–Crippen LogP) is 12.9. The molecule has 54 heavy (non-hydrogen) atoms. The molecule has 0 saturated heterocycles. The fourth-order valence-electron chi connectivity index (χ4n) is 8.89. The second-order valence-electron chi connectivity index (χ2n) is 14.4. The van der Waals surface area contributed by atoms with Crippen molar-refractivity contribution in [2.75, 3.05) is 0 Å². The van der Waals surface area contributed by atoms with Crippen LogP contribution >= 0.6 is 0 Å². The lowest BCUT2D eigenvalue weighted by Gasteiger charge is -2.10. The molecule has 8 aromatic carbocycles. The van der Waals surface area contributed by atoms with Crippen molar-refractivity contribution in [1.82, 2.24) is 14.1 Å². The third-order valence-electron chi connectivity index (χ3n) is 11.4. The summed E-state index contributed by atoms with van der Waals surface area (Å²) in [6, 6.07) is 63.0. The van der Waals surface area contributed by atoms with E-state index < -0.39 is 0 Å². The average Bonchev–Trinajstić information content (AvgIpc) is 3.99. The molecule has 0 bridgehead atoms.